The predicted molar refractivity (Wildman–Crippen MR) is 71.8 cm³/mol. The van der Waals surface area contributed by atoms with Crippen LogP contribution in [0.5, 0.6) is 0 Å². The predicted octanol–water partition coefficient (Wildman–Crippen LogP) is 1.24. The lowest BCUT2D eigenvalue weighted by Gasteiger charge is -2.29. The minimum atomic E-state index is 0.783. The molecule has 2 aliphatic heterocycles. The van der Waals surface area contributed by atoms with Crippen LogP contribution in [-0.2, 0) is 4.74 Å². The fourth-order valence-corrected chi connectivity index (χ4v) is 2.88. The van der Waals surface area contributed by atoms with Gasteiger partial charge in [0.1, 0.15) is 5.82 Å². The Labute approximate surface area is 109 Å². The van der Waals surface area contributed by atoms with Crippen LogP contribution in [0.3, 0.4) is 0 Å². The zero-order chi connectivity index (χ0) is 12.2. The summed E-state index contributed by atoms with van der Waals surface area (Å²) in [6.45, 7) is 7.50. The molecule has 1 atom stereocenters. The van der Waals surface area contributed by atoms with Gasteiger partial charge in [0, 0.05) is 38.9 Å². The van der Waals surface area contributed by atoms with Crippen LogP contribution in [-0.4, -0.2) is 55.8 Å². The molecule has 0 aliphatic carbocycles. The van der Waals surface area contributed by atoms with Gasteiger partial charge >= 0.3 is 0 Å². The third kappa shape index (κ3) is 2.82. The third-order valence-electron chi connectivity index (χ3n) is 3.88. The normalized spacial score (nSPS) is 25.6. The Balaban J connectivity index is 1.52. The van der Waals surface area contributed by atoms with Crippen molar-refractivity contribution in [3.05, 3.63) is 24.4 Å². The van der Waals surface area contributed by atoms with Crippen molar-refractivity contribution < 1.29 is 4.74 Å². The van der Waals surface area contributed by atoms with E-state index in [2.05, 4.69) is 26.9 Å². The molecule has 2 fully saturated rings. The van der Waals surface area contributed by atoms with Crippen molar-refractivity contribution >= 4 is 5.82 Å². The Morgan fingerprint density at radius 1 is 1.22 bits per heavy atom. The molecule has 3 heterocycles. The molecule has 0 radical (unpaired) electrons. The monoisotopic (exact) mass is 247 g/mol. The smallest absolute Gasteiger partial charge is 0.128 e. The molecule has 0 amide bonds. The highest BCUT2D eigenvalue weighted by atomic mass is 16.5. The van der Waals surface area contributed by atoms with E-state index >= 15 is 0 Å². The number of hydrogen-bond acceptors (Lipinski definition) is 4. The molecular weight excluding hydrogens is 226 g/mol. The minimum absolute atomic E-state index is 0.783. The zero-order valence-corrected chi connectivity index (χ0v) is 10.8. The highest BCUT2D eigenvalue weighted by Gasteiger charge is 2.25. The second kappa shape index (κ2) is 5.67. The average Bonchev–Trinajstić information content (AvgIpc) is 2.89. The molecule has 0 spiro atoms. The Hall–Kier alpha value is -1.13. The lowest BCUT2D eigenvalue weighted by atomic mass is 10.1. The molecule has 1 aromatic rings. The zero-order valence-electron chi connectivity index (χ0n) is 10.8. The standard InChI is InChI=1S/C14H21N3O/c1-2-5-15-14(3-1)17-6-4-13(12-17)11-16-7-9-18-10-8-16/h1-3,5,13H,4,6-12H2. The van der Waals surface area contributed by atoms with Crippen molar-refractivity contribution in [3.63, 3.8) is 0 Å². The van der Waals surface area contributed by atoms with Crippen molar-refractivity contribution in [2.75, 3.05) is 50.8 Å². The van der Waals surface area contributed by atoms with Crippen LogP contribution in [0.4, 0.5) is 5.82 Å². The molecule has 3 rings (SSSR count). The summed E-state index contributed by atoms with van der Waals surface area (Å²) in [6, 6.07) is 6.15. The maximum Gasteiger partial charge on any atom is 0.128 e. The molecule has 1 aromatic heterocycles. The molecule has 2 aliphatic rings. The average molecular weight is 247 g/mol. The topological polar surface area (TPSA) is 28.6 Å². The van der Waals surface area contributed by atoms with Crippen molar-refractivity contribution in [2.24, 2.45) is 5.92 Å². The Morgan fingerprint density at radius 3 is 2.89 bits per heavy atom. The number of rotatable bonds is 3. The van der Waals surface area contributed by atoms with Gasteiger partial charge in [-0.3, -0.25) is 4.90 Å². The van der Waals surface area contributed by atoms with Gasteiger partial charge in [0.2, 0.25) is 0 Å². The summed E-state index contributed by atoms with van der Waals surface area (Å²) < 4.78 is 5.39. The lowest BCUT2D eigenvalue weighted by molar-refractivity contribution is 0.0320. The second-order valence-corrected chi connectivity index (χ2v) is 5.20. The molecule has 18 heavy (non-hydrogen) atoms. The summed E-state index contributed by atoms with van der Waals surface area (Å²) >= 11 is 0. The molecule has 2 saturated heterocycles. The van der Waals surface area contributed by atoms with Crippen LogP contribution in [0.25, 0.3) is 0 Å². The number of pyridine rings is 1. The van der Waals surface area contributed by atoms with Crippen molar-refractivity contribution in [1.29, 1.82) is 0 Å². The molecular formula is C14H21N3O. The van der Waals surface area contributed by atoms with Gasteiger partial charge in [-0.05, 0) is 24.5 Å². The second-order valence-electron chi connectivity index (χ2n) is 5.20. The van der Waals surface area contributed by atoms with E-state index < -0.39 is 0 Å². The SMILES string of the molecule is c1ccc(N2CCC(CN3CCOCC3)C2)nc1. The van der Waals surface area contributed by atoms with Gasteiger partial charge in [0.15, 0.2) is 0 Å². The molecule has 4 nitrogen and oxygen atoms in total. The van der Waals surface area contributed by atoms with E-state index in [1.54, 1.807) is 0 Å². The highest BCUT2D eigenvalue weighted by Crippen LogP contribution is 2.22. The summed E-state index contributed by atoms with van der Waals surface area (Å²) in [7, 11) is 0. The van der Waals surface area contributed by atoms with Gasteiger partial charge in [0.05, 0.1) is 13.2 Å². The summed E-state index contributed by atoms with van der Waals surface area (Å²) in [4.78, 5) is 9.38. The number of anilines is 1. The molecule has 0 bridgehead atoms. The fourth-order valence-electron chi connectivity index (χ4n) is 2.88. The van der Waals surface area contributed by atoms with Crippen LogP contribution in [0.2, 0.25) is 0 Å². The van der Waals surface area contributed by atoms with E-state index in [0.29, 0.717) is 0 Å². The van der Waals surface area contributed by atoms with E-state index in [4.69, 9.17) is 4.74 Å². The molecule has 0 N–H and O–H groups in total. The first-order valence-corrected chi connectivity index (χ1v) is 6.88. The first-order valence-electron chi connectivity index (χ1n) is 6.88. The highest BCUT2D eigenvalue weighted by molar-refractivity contribution is 5.38. The molecule has 4 heteroatoms. The van der Waals surface area contributed by atoms with Crippen LogP contribution in [0, 0.1) is 5.92 Å². The van der Waals surface area contributed by atoms with Gasteiger partial charge in [-0.2, -0.15) is 0 Å². The van der Waals surface area contributed by atoms with Crippen LogP contribution >= 0.6 is 0 Å². The van der Waals surface area contributed by atoms with E-state index in [1.165, 1.54) is 13.0 Å². The van der Waals surface area contributed by atoms with Gasteiger partial charge in [-0.1, -0.05) is 6.07 Å². The van der Waals surface area contributed by atoms with Gasteiger partial charge < -0.3 is 9.64 Å². The van der Waals surface area contributed by atoms with E-state index in [0.717, 1.165) is 51.1 Å². The fraction of sp³-hybridized carbons (Fsp3) is 0.643. The summed E-state index contributed by atoms with van der Waals surface area (Å²) in [6.07, 6.45) is 3.17. The number of hydrogen-bond donors (Lipinski definition) is 0. The molecule has 0 saturated carbocycles. The lowest BCUT2D eigenvalue weighted by Crippen LogP contribution is -2.39. The van der Waals surface area contributed by atoms with Crippen molar-refractivity contribution in [3.8, 4) is 0 Å². The van der Waals surface area contributed by atoms with Gasteiger partial charge in [-0.15, -0.1) is 0 Å². The summed E-state index contributed by atoms with van der Waals surface area (Å²) in [5.41, 5.74) is 0. The number of ether oxygens (including phenoxy) is 1. The number of morpholine rings is 1. The van der Waals surface area contributed by atoms with Crippen LogP contribution in [0.1, 0.15) is 6.42 Å². The van der Waals surface area contributed by atoms with Crippen molar-refractivity contribution in [1.82, 2.24) is 9.88 Å². The molecule has 0 aromatic carbocycles. The Kier molecular flexibility index (Phi) is 3.76. The molecule has 98 valence electrons. The third-order valence-corrected chi connectivity index (χ3v) is 3.88. The minimum Gasteiger partial charge on any atom is -0.379 e. The van der Waals surface area contributed by atoms with Crippen LogP contribution < -0.4 is 4.90 Å². The quantitative estimate of drug-likeness (QED) is 0.803. The summed E-state index contributed by atoms with van der Waals surface area (Å²) in [5.74, 6) is 1.91. The van der Waals surface area contributed by atoms with Gasteiger partial charge in [-0.25, -0.2) is 4.98 Å². The van der Waals surface area contributed by atoms with E-state index in [1.807, 2.05) is 12.3 Å². The van der Waals surface area contributed by atoms with Crippen molar-refractivity contribution in [2.45, 2.75) is 6.42 Å². The number of nitrogens with zero attached hydrogens (tertiary/aromatic N) is 3. The van der Waals surface area contributed by atoms with Gasteiger partial charge in [0.25, 0.3) is 0 Å². The Morgan fingerprint density at radius 2 is 2.11 bits per heavy atom. The Bertz CT molecular complexity index is 365. The first-order chi connectivity index (χ1) is 8.92. The maximum absolute atomic E-state index is 5.39. The summed E-state index contributed by atoms with van der Waals surface area (Å²) in [5, 5.41) is 0. The molecule has 1 unspecified atom stereocenters. The largest absolute Gasteiger partial charge is 0.379 e. The number of aromatic nitrogens is 1. The van der Waals surface area contributed by atoms with Crippen LogP contribution in [0.15, 0.2) is 24.4 Å². The first kappa shape index (κ1) is 11.9. The van der Waals surface area contributed by atoms with E-state index in [-0.39, 0.29) is 0 Å². The maximum atomic E-state index is 5.39. The van der Waals surface area contributed by atoms with E-state index in [9.17, 15) is 0 Å².